The Morgan fingerprint density at radius 2 is 2.44 bits per heavy atom. The zero-order valence-corrected chi connectivity index (χ0v) is 11.1. The largest absolute Gasteiger partial charge is 0.507 e. The van der Waals surface area contributed by atoms with Crippen molar-refractivity contribution in [1.82, 2.24) is 0 Å². The van der Waals surface area contributed by atoms with Crippen LogP contribution in [0.5, 0.6) is 11.5 Å². The van der Waals surface area contributed by atoms with E-state index in [0.29, 0.717) is 27.9 Å². The van der Waals surface area contributed by atoms with Gasteiger partial charge in [0.2, 0.25) is 6.54 Å². The Morgan fingerprint density at radius 1 is 1.72 bits per heavy atom. The predicted octanol–water partition coefficient (Wildman–Crippen LogP) is 1.15. The minimum absolute atomic E-state index is 0.0237. The molecule has 0 aliphatic carbocycles. The van der Waals surface area contributed by atoms with Crippen LogP contribution in [0, 0.1) is 10.1 Å². The fourth-order valence-electron chi connectivity index (χ4n) is 1.85. The molecule has 0 fully saturated rings. The Bertz CT molecular complexity index is 496. The molecule has 1 radical (unpaired) electrons. The van der Waals surface area contributed by atoms with Crippen LogP contribution in [0.1, 0.15) is 18.6 Å². The SMILES string of the molecule is CCOc1cc(O)c(Br)c2c1[B]OC2C[N+](=O)[O-]. The summed E-state index contributed by atoms with van der Waals surface area (Å²) in [6.07, 6.45) is -0.712. The van der Waals surface area contributed by atoms with Gasteiger partial charge in [0.25, 0.3) is 0 Å². The highest BCUT2D eigenvalue weighted by molar-refractivity contribution is 9.10. The summed E-state index contributed by atoms with van der Waals surface area (Å²) in [4.78, 5) is 10.1. The molecule has 18 heavy (non-hydrogen) atoms. The van der Waals surface area contributed by atoms with Crippen molar-refractivity contribution in [1.29, 1.82) is 0 Å². The van der Waals surface area contributed by atoms with E-state index in [1.807, 2.05) is 6.92 Å². The molecule has 2 rings (SSSR count). The van der Waals surface area contributed by atoms with Crippen molar-refractivity contribution >= 4 is 28.9 Å². The van der Waals surface area contributed by atoms with Gasteiger partial charge in [-0.1, -0.05) is 0 Å². The predicted molar refractivity (Wildman–Crippen MR) is 68.1 cm³/mol. The van der Waals surface area contributed by atoms with E-state index in [9.17, 15) is 15.2 Å². The van der Waals surface area contributed by atoms with Gasteiger partial charge in [-0.25, -0.2) is 0 Å². The van der Waals surface area contributed by atoms with Gasteiger partial charge in [-0.15, -0.1) is 0 Å². The summed E-state index contributed by atoms with van der Waals surface area (Å²) in [7, 11) is 1.43. The van der Waals surface area contributed by atoms with Gasteiger partial charge < -0.3 is 14.5 Å². The molecule has 0 bridgehead atoms. The zero-order chi connectivity index (χ0) is 13.3. The van der Waals surface area contributed by atoms with Crippen LogP contribution in [-0.4, -0.2) is 30.7 Å². The summed E-state index contributed by atoms with van der Waals surface area (Å²) in [5.74, 6) is 0.434. The van der Waals surface area contributed by atoms with Gasteiger partial charge >= 0.3 is 7.48 Å². The number of phenols is 1. The molecule has 0 aromatic heterocycles. The molecule has 1 atom stereocenters. The minimum atomic E-state index is -0.712. The Morgan fingerprint density at radius 3 is 3.06 bits per heavy atom. The second-order valence-electron chi connectivity index (χ2n) is 3.73. The maximum atomic E-state index is 10.6. The molecule has 1 unspecified atom stereocenters. The first-order chi connectivity index (χ1) is 8.54. The van der Waals surface area contributed by atoms with Crippen LogP contribution in [0.3, 0.4) is 0 Å². The van der Waals surface area contributed by atoms with Crippen molar-refractivity contribution < 1.29 is 19.4 Å². The lowest BCUT2D eigenvalue weighted by molar-refractivity contribution is -0.490. The normalized spacial score (nSPS) is 17.1. The quantitative estimate of drug-likeness (QED) is 0.512. The first kappa shape index (κ1) is 13.2. The lowest BCUT2D eigenvalue weighted by Crippen LogP contribution is -2.17. The monoisotopic (exact) mass is 314 g/mol. The number of hydrogen-bond donors (Lipinski definition) is 1. The maximum Gasteiger partial charge on any atom is 0.335 e. The molecule has 0 amide bonds. The molecular weight excluding hydrogens is 305 g/mol. The lowest BCUT2D eigenvalue weighted by Gasteiger charge is -2.13. The van der Waals surface area contributed by atoms with Crippen molar-refractivity contribution in [3.05, 3.63) is 26.2 Å². The van der Waals surface area contributed by atoms with Crippen LogP contribution >= 0.6 is 15.9 Å². The Labute approximate surface area is 112 Å². The maximum absolute atomic E-state index is 10.6. The number of nitrogens with zero attached hydrogens (tertiary/aromatic N) is 1. The number of phenolic OH excluding ortho intramolecular Hbond substituents is 1. The van der Waals surface area contributed by atoms with Gasteiger partial charge in [-0.05, 0) is 28.3 Å². The smallest absolute Gasteiger partial charge is 0.335 e. The van der Waals surface area contributed by atoms with Crippen molar-refractivity contribution in [3.8, 4) is 11.5 Å². The number of fused-ring (bicyclic) bond motifs is 1. The molecule has 0 saturated heterocycles. The van der Waals surface area contributed by atoms with Crippen LogP contribution in [0.4, 0.5) is 0 Å². The number of benzene rings is 1. The van der Waals surface area contributed by atoms with E-state index in [4.69, 9.17) is 9.39 Å². The highest BCUT2D eigenvalue weighted by Gasteiger charge is 2.34. The van der Waals surface area contributed by atoms with Crippen LogP contribution in [0.15, 0.2) is 10.5 Å². The van der Waals surface area contributed by atoms with Crippen LogP contribution in [0.2, 0.25) is 0 Å². The third-order valence-corrected chi connectivity index (χ3v) is 3.41. The van der Waals surface area contributed by atoms with Gasteiger partial charge in [0.05, 0.1) is 11.1 Å². The van der Waals surface area contributed by atoms with Gasteiger partial charge in [-0.3, -0.25) is 10.1 Å². The Kier molecular flexibility index (Phi) is 3.77. The lowest BCUT2D eigenvalue weighted by atomic mass is 9.85. The van der Waals surface area contributed by atoms with E-state index in [2.05, 4.69) is 15.9 Å². The third-order valence-electron chi connectivity index (χ3n) is 2.57. The summed E-state index contributed by atoms with van der Waals surface area (Å²) in [6.45, 7) is 1.88. The van der Waals surface area contributed by atoms with Crippen LogP contribution in [-0.2, 0) is 4.65 Å². The molecule has 0 saturated carbocycles. The van der Waals surface area contributed by atoms with E-state index >= 15 is 0 Å². The summed E-state index contributed by atoms with van der Waals surface area (Å²) in [5.41, 5.74) is 1.18. The standard InChI is InChI=1S/C10H10BBrNO5/c1-2-17-6-3-5(14)10(12)8-7(4-13(15)16)18-11-9(6)8/h3,7,14H,2,4H2,1H3. The first-order valence-electron chi connectivity index (χ1n) is 5.33. The molecule has 1 aliphatic heterocycles. The van der Waals surface area contributed by atoms with E-state index < -0.39 is 11.0 Å². The molecule has 6 nitrogen and oxygen atoms in total. The molecule has 1 heterocycles. The second-order valence-corrected chi connectivity index (χ2v) is 4.52. The third kappa shape index (κ3) is 2.30. The number of halogens is 1. The molecule has 0 spiro atoms. The molecular formula is C10H10BBrNO5. The molecule has 1 N–H and O–H groups in total. The molecule has 1 aromatic carbocycles. The Balaban J connectivity index is 2.46. The van der Waals surface area contributed by atoms with Crippen molar-refractivity contribution in [2.75, 3.05) is 13.2 Å². The first-order valence-corrected chi connectivity index (χ1v) is 6.12. The van der Waals surface area contributed by atoms with Gasteiger partial charge in [0, 0.05) is 16.6 Å². The highest BCUT2D eigenvalue weighted by atomic mass is 79.9. The van der Waals surface area contributed by atoms with Crippen molar-refractivity contribution in [2.24, 2.45) is 0 Å². The van der Waals surface area contributed by atoms with E-state index in [0.717, 1.165) is 0 Å². The molecule has 1 aliphatic rings. The molecule has 1 aromatic rings. The highest BCUT2D eigenvalue weighted by Crippen LogP contribution is 2.38. The number of rotatable bonds is 4. The average molecular weight is 315 g/mol. The summed E-state index contributed by atoms with van der Waals surface area (Å²) in [5, 5.41) is 20.4. The number of ether oxygens (including phenoxy) is 1. The van der Waals surface area contributed by atoms with Gasteiger partial charge in [-0.2, -0.15) is 0 Å². The topological polar surface area (TPSA) is 81.8 Å². The van der Waals surface area contributed by atoms with Crippen molar-refractivity contribution in [3.63, 3.8) is 0 Å². The number of hydrogen-bond acceptors (Lipinski definition) is 5. The summed E-state index contributed by atoms with van der Waals surface area (Å²) in [6, 6.07) is 1.46. The second kappa shape index (κ2) is 5.15. The van der Waals surface area contributed by atoms with Crippen LogP contribution < -0.4 is 10.2 Å². The van der Waals surface area contributed by atoms with Gasteiger partial charge in [0.1, 0.15) is 17.6 Å². The number of nitro groups is 1. The van der Waals surface area contributed by atoms with Gasteiger partial charge in [0.15, 0.2) is 0 Å². The molecule has 8 heteroatoms. The van der Waals surface area contributed by atoms with Crippen molar-refractivity contribution in [2.45, 2.75) is 13.0 Å². The minimum Gasteiger partial charge on any atom is -0.507 e. The van der Waals surface area contributed by atoms with Crippen LogP contribution in [0.25, 0.3) is 0 Å². The van der Waals surface area contributed by atoms with E-state index in [1.165, 1.54) is 13.5 Å². The number of aromatic hydroxyl groups is 1. The molecule has 95 valence electrons. The summed E-state index contributed by atoms with van der Waals surface area (Å²) < 4.78 is 11.0. The van der Waals surface area contributed by atoms with E-state index in [-0.39, 0.29) is 12.3 Å². The average Bonchev–Trinajstić information content (AvgIpc) is 2.69. The fourth-order valence-corrected chi connectivity index (χ4v) is 2.44. The Hall–Kier alpha value is -1.28. The fraction of sp³-hybridized carbons (Fsp3) is 0.400. The zero-order valence-electron chi connectivity index (χ0n) is 9.55. The van der Waals surface area contributed by atoms with E-state index in [1.54, 1.807) is 0 Å². The summed E-state index contributed by atoms with van der Waals surface area (Å²) >= 11 is 3.22.